The van der Waals surface area contributed by atoms with Gasteiger partial charge in [0, 0.05) is 63.4 Å². The molecule has 1 saturated carbocycles. The van der Waals surface area contributed by atoms with Crippen molar-refractivity contribution >= 4 is 15.9 Å². The lowest BCUT2D eigenvalue weighted by molar-refractivity contribution is -0.0422. The summed E-state index contributed by atoms with van der Waals surface area (Å²) in [5.41, 5.74) is 3.05. The van der Waals surface area contributed by atoms with Gasteiger partial charge < -0.3 is 4.90 Å². The molecule has 9 nitrogen and oxygen atoms in total. The van der Waals surface area contributed by atoms with Gasteiger partial charge in [0.15, 0.2) is 0 Å². The van der Waals surface area contributed by atoms with Gasteiger partial charge in [0.2, 0.25) is 10.0 Å². The maximum atomic E-state index is 14.5. The second-order valence-electron chi connectivity index (χ2n) is 13.7. The zero-order valence-electron chi connectivity index (χ0n) is 26.6. The number of rotatable bonds is 7. The molecular formula is C33H47FN6O3S. The summed E-state index contributed by atoms with van der Waals surface area (Å²) in [6, 6.07) is 7.29. The van der Waals surface area contributed by atoms with E-state index < -0.39 is 10.0 Å². The van der Waals surface area contributed by atoms with Gasteiger partial charge in [-0.05, 0) is 89.8 Å². The quantitative estimate of drug-likeness (QED) is 0.456. The van der Waals surface area contributed by atoms with Gasteiger partial charge in [-0.1, -0.05) is 12.1 Å². The van der Waals surface area contributed by atoms with Crippen molar-refractivity contribution < 1.29 is 17.6 Å². The molecular weight excluding hydrogens is 579 g/mol. The first-order valence-corrected chi connectivity index (χ1v) is 17.8. The van der Waals surface area contributed by atoms with Crippen LogP contribution in [0.3, 0.4) is 0 Å². The van der Waals surface area contributed by atoms with Crippen molar-refractivity contribution in [2.75, 3.05) is 45.8 Å². The zero-order valence-corrected chi connectivity index (χ0v) is 27.4. The average Bonchev–Trinajstić information content (AvgIpc) is 3.85. The van der Waals surface area contributed by atoms with E-state index >= 15 is 0 Å². The Labute approximate surface area is 261 Å². The molecule has 0 radical (unpaired) electrons. The van der Waals surface area contributed by atoms with Crippen LogP contribution in [0.25, 0.3) is 0 Å². The van der Waals surface area contributed by atoms with E-state index in [1.165, 1.54) is 12.4 Å². The summed E-state index contributed by atoms with van der Waals surface area (Å²) in [5.74, 6) is 0.0544. The predicted octanol–water partition coefficient (Wildman–Crippen LogP) is 4.18. The normalized spacial score (nSPS) is 25.2. The van der Waals surface area contributed by atoms with Gasteiger partial charge in [-0.2, -0.15) is 0 Å². The van der Waals surface area contributed by atoms with Gasteiger partial charge in [0.25, 0.3) is 5.91 Å². The van der Waals surface area contributed by atoms with Crippen molar-refractivity contribution in [3.63, 3.8) is 0 Å². The molecule has 44 heavy (non-hydrogen) atoms. The van der Waals surface area contributed by atoms with E-state index in [0.29, 0.717) is 31.7 Å². The Balaban J connectivity index is 1.12. The first kappa shape index (κ1) is 31.5. The first-order valence-electron chi connectivity index (χ1n) is 16.3. The van der Waals surface area contributed by atoms with Crippen LogP contribution in [0.1, 0.15) is 85.7 Å². The van der Waals surface area contributed by atoms with Crippen LogP contribution in [0.15, 0.2) is 30.6 Å². The van der Waals surface area contributed by atoms with Crippen molar-refractivity contribution in [1.29, 1.82) is 0 Å². The molecule has 0 spiro atoms. The van der Waals surface area contributed by atoms with Crippen LogP contribution in [0.2, 0.25) is 0 Å². The minimum Gasteiger partial charge on any atom is -0.338 e. The molecule has 0 bridgehead atoms. The van der Waals surface area contributed by atoms with Crippen LogP contribution in [0.5, 0.6) is 0 Å². The summed E-state index contributed by atoms with van der Waals surface area (Å²) in [5, 5.41) is -0.182. The van der Waals surface area contributed by atoms with Crippen LogP contribution in [-0.4, -0.2) is 106 Å². The summed E-state index contributed by atoms with van der Waals surface area (Å²) in [6.07, 6.45) is 6.45. The van der Waals surface area contributed by atoms with Crippen molar-refractivity contribution in [1.82, 2.24) is 29.0 Å². The van der Waals surface area contributed by atoms with Gasteiger partial charge in [-0.25, -0.2) is 27.1 Å². The summed E-state index contributed by atoms with van der Waals surface area (Å²) in [4.78, 5) is 29.0. The number of halogens is 1. The molecule has 1 amide bonds. The SMILES string of the molecule is Cc1ncnc(C)c1C(=O)N1CCC(C)(N2CCN([C@@H](c3cccc(F)c3)C3CCN(S(=O)(=O)C4CC4)CC3)[C@H](C)C2)CC1. The fourth-order valence-electron chi connectivity index (χ4n) is 7.89. The highest BCUT2D eigenvalue weighted by Crippen LogP contribution is 2.41. The monoisotopic (exact) mass is 626 g/mol. The largest absolute Gasteiger partial charge is 0.338 e. The summed E-state index contributed by atoms with van der Waals surface area (Å²) < 4.78 is 42.0. The number of amides is 1. The Kier molecular flexibility index (Phi) is 8.86. The van der Waals surface area contributed by atoms with Crippen LogP contribution >= 0.6 is 0 Å². The maximum absolute atomic E-state index is 14.5. The molecule has 2 atom stereocenters. The van der Waals surface area contributed by atoms with Gasteiger partial charge in [-0.3, -0.25) is 14.6 Å². The number of aromatic nitrogens is 2. The molecule has 6 rings (SSSR count). The van der Waals surface area contributed by atoms with Gasteiger partial charge >= 0.3 is 0 Å². The molecule has 1 aromatic heterocycles. The molecule has 3 saturated heterocycles. The number of nitrogens with zero attached hydrogens (tertiary/aromatic N) is 6. The highest BCUT2D eigenvalue weighted by molar-refractivity contribution is 7.90. The minimum atomic E-state index is -3.18. The number of sulfonamides is 1. The Morgan fingerprint density at radius 3 is 2.23 bits per heavy atom. The predicted molar refractivity (Wildman–Crippen MR) is 168 cm³/mol. The fraction of sp³-hybridized carbons (Fsp3) is 0.667. The molecule has 4 fully saturated rings. The van der Waals surface area contributed by atoms with Crippen molar-refractivity contribution in [3.05, 3.63) is 58.9 Å². The van der Waals surface area contributed by atoms with E-state index in [0.717, 1.165) is 75.1 Å². The number of carbonyl (C=O) groups is 1. The molecule has 11 heteroatoms. The molecule has 2 aromatic rings. The number of benzene rings is 1. The Morgan fingerprint density at radius 1 is 0.977 bits per heavy atom. The molecule has 3 aliphatic heterocycles. The van der Waals surface area contributed by atoms with Crippen molar-refractivity contribution in [3.8, 4) is 0 Å². The Morgan fingerprint density at radius 2 is 1.64 bits per heavy atom. The smallest absolute Gasteiger partial charge is 0.257 e. The van der Waals surface area contributed by atoms with Gasteiger partial charge in [0.05, 0.1) is 22.2 Å². The third kappa shape index (κ3) is 6.17. The molecule has 4 heterocycles. The molecule has 0 N–H and O–H groups in total. The van der Waals surface area contributed by atoms with E-state index in [4.69, 9.17) is 0 Å². The summed E-state index contributed by atoms with van der Waals surface area (Å²) >= 11 is 0. The third-order valence-electron chi connectivity index (χ3n) is 10.8. The lowest BCUT2D eigenvalue weighted by Gasteiger charge is -2.54. The number of aryl methyl sites for hydroxylation is 2. The van der Waals surface area contributed by atoms with E-state index in [1.807, 2.05) is 24.8 Å². The Bertz CT molecular complexity index is 1450. The van der Waals surface area contributed by atoms with Gasteiger partial charge in [0.1, 0.15) is 12.1 Å². The van der Waals surface area contributed by atoms with Crippen LogP contribution in [0.4, 0.5) is 4.39 Å². The second-order valence-corrected chi connectivity index (χ2v) is 15.9. The van der Waals surface area contributed by atoms with Crippen molar-refractivity contribution in [2.24, 2.45) is 5.92 Å². The Hall–Kier alpha value is -2.47. The van der Waals surface area contributed by atoms with Crippen LogP contribution in [0, 0.1) is 25.6 Å². The third-order valence-corrected chi connectivity index (χ3v) is 13.2. The average molecular weight is 627 g/mol. The topological polar surface area (TPSA) is 90.0 Å². The highest BCUT2D eigenvalue weighted by Gasteiger charge is 2.45. The summed E-state index contributed by atoms with van der Waals surface area (Å²) in [6.45, 7) is 13.5. The summed E-state index contributed by atoms with van der Waals surface area (Å²) in [7, 11) is -3.18. The van der Waals surface area contributed by atoms with E-state index in [9.17, 15) is 17.6 Å². The highest BCUT2D eigenvalue weighted by atomic mass is 32.2. The van der Waals surface area contributed by atoms with E-state index in [1.54, 1.807) is 16.4 Å². The molecule has 4 aliphatic rings. The zero-order chi connectivity index (χ0) is 31.2. The second kappa shape index (κ2) is 12.4. The number of piperazine rings is 1. The fourth-order valence-corrected chi connectivity index (χ4v) is 9.76. The van der Waals surface area contributed by atoms with E-state index in [-0.39, 0.29) is 40.5 Å². The van der Waals surface area contributed by atoms with Crippen LogP contribution < -0.4 is 0 Å². The molecule has 1 aliphatic carbocycles. The number of likely N-dealkylation sites (tertiary alicyclic amines) is 1. The van der Waals surface area contributed by atoms with Crippen molar-refractivity contribution in [2.45, 2.75) is 89.1 Å². The lowest BCUT2D eigenvalue weighted by atomic mass is 9.82. The van der Waals surface area contributed by atoms with Gasteiger partial charge in [-0.15, -0.1) is 0 Å². The maximum Gasteiger partial charge on any atom is 0.257 e. The number of hydrogen-bond acceptors (Lipinski definition) is 7. The standard InChI is InChI=1S/C33H47FN6O3S/c1-23-21-38(33(4)12-16-37(17-13-33)32(41)30-24(2)35-22-36-25(30)3)18-19-40(23)31(27-6-5-7-28(34)20-27)26-10-14-39(15-11-26)44(42,43)29-8-9-29/h5-7,20,22-23,26,29,31H,8-19,21H2,1-4H3/t23-,31-/m1/s1. The van der Waals surface area contributed by atoms with E-state index in [2.05, 4.69) is 33.6 Å². The number of hydrogen-bond donors (Lipinski definition) is 0. The minimum absolute atomic E-state index is 0.00866. The lowest BCUT2D eigenvalue weighted by Crippen LogP contribution is -2.63. The van der Waals surface area contributed by atoms with Crippen LogP contribution in [-0.2, 0) is 10.0 Å². The number of piperidine rings is 2. The first-order chi connectivity index (χ1) is 21.0. The molecule has 1 aromatic carbocycles. The molecule has 0 unspecified atom stereocenters. The number of carbonyl (C=O) groups excluding carboxylic acids is 1. The molecule has 240 valence electrons.